The van der Waals surface area contributed by atoms with Gasteiger partial charge in [-0.3, -0.25) is 0 Å². The number of rotatable bonds is 0. The quantitative estimate of drug-likeness (QED) is 0.599. The van der Waals surface area contributed by atoms with Crippen LogP contribution in [0.15, 0.2) is 18.3 Å². The lowest BCUT2D eigenvalue weighted by molar-refractivity contribution is 0.949. The first-order valence-corrected chi connectivity index (χ1v) is 4.21. The van der Waals surface area contributed by atoms with Gasteiger partial charge in [-0.25, -0.2) is 4.98 Å². The van der Waals surface area contributed by atoms with E-state index in [2.05, 4.69) is 4.98 Å². The molecule has 2 rings (SSSR count). The Morgan fingerprint density at radius 1 is 1.42 bits per heavy atom. The van der Waals surface area contributed by atoms with Crippen molar-refractivity contribution in [2.24, 2.45) is 7.05 Å². The van der Waals surface area contributed by atoms with Gasteiger partial charge in [0, 0.05) is 18.6 Å². The molecule has 0 spiro atoms. The van der Waals surface area contributed by atoms with Gasteiger partial charge in [0.15, 0.2) is 0 Å². The molecule has 4 heteroatoms. The van der Waals surface area contributed by atoms with E-state index < -0.39 is 0 Å². The molecule has 2 nitrogen and oxygen atoms in total. The third-order valence-electron chi connectivity index (χ3n) is 1.75. The summed E-state index contributed by atoms with van der Waals surface area (Å²) in [4.78, 5) is 4.13. The van der Waals surface area contributed by atoms with E-state index in [4.69, 9.17) is 23.2 Å². The Bertz CT molecular complexity index is 434. The Morgan fingerprint density at radius 3 is 2.92 bits per heavy atom. The molecule has 0 radical (unpaired) electrons. The molecule has 0 bridgehead atoms. The molecule has 0 aliphatic heterocycles. The van der Waals surface area contributed by atoms with Gasteiger partial charge in [-0.2, -0.15) is 0 Å². The minimum atomic E-state index is 0.353. The molecule has 2 aromatic heterocycles. The molecular formula is C8H6Cl2N2. The van der Waals surface area contributed by atoms with Crippen LogP contribution in [0.5, 0.6) is 0 Å². The molecule has 0 aliphatic rings. The van der Waals surface area contributed by atoms with E-state index in [1.165, 1.54) is 0 Å². The van der Waals surface area contributed by atoms with E-state index in [1.54, 1.807) is 0 Å². The number of hydrogen-bond acceptors (Lipinski definition) is 1. The van der Waals surface area contributed by atoms with Gasteiger partial charge in [0.05, 0.1) is 5.02 Å². The van der Waals surface area contributed by atoms with Crippen LogP contribution in [0.3, 0.4) is 0 Å². The fraction of sp³-hybridized carbons (Fsp3) is 0.125. The van der Waals surface area contributed by atoms with E-state index in [0.29, 0.717) is 10.2 Å². The van der Waals surface area contributed by atoms with E-state index >= 15 is 0 Å². The molecular weight excluding hydrogens is 195 g/mol. The zero-order chi connectivity index (χ0) is 8.72. The van der Waals surface area contributed by atoms with E-state index in [-0.39, 0.29) is 0 Å². The van der Waals surface area contributed by atoms with Crippen molar-refractivity contribution < 1.29 is 0 Å². The van der Waals surface area contributed by atoms with Crippen LogP contribution < -0.4 is 0 Å². The topological polar surface area (TPSA) is 17.8 Å². The predicted octanol–water partition coefficient (Wildman–Crippen LogP) is 2.88. The fourth-order valence-corrected chi connectivity index (χ4v) is 1.43. The van der Waals surface area contributed by atoms with Crippen LogP contribution in [0.2, 0.25) is 10.2 Å². The normalized spacial score (nSPS) is 10.9. The lowest BCUT2D eigenvalue weighted by Crippen LogP contribution is -1.87. The Kier molecular flexibility index (Phi) is 1.74. The summed E-state index contributed by atoms with van der Waals surface area (Å²) in [7, 11) is 1.92. The van der Waals surface area contributed by atoms with Crippen LogP contribution in [-0.2, 0) is 7.05 Å². The Balaban J connectivity index is 2.87. The average Bonchev–Trinajstić information content (AvgIpc) is 2.35. The molecule has 2 heterocycles. The van der Waals surface area contributed by atoms with Crippen LogP contribution in [0.4, 0.5) is 0 Å². The molecule has 0 saturated carbocycles. The van der Waals surface area contributed by atoms with Gasteiger partial charge in [-0.1, -0.05) is 23.2 Å². The lowest BCUT2D eigenvalue weighted by atomic mass is 10.3. The summed E-state index contributed by atoms with van der Waals surface area (Å²) in [6, 6.07) is 3.76. The van der Waals surface area contributed by atoms with E-state index in [1.807, 2.05) is 29.9 Å². The number of aromatic nitrogens is 2. The summed E-state index contributed by atoms with van der Waals surface area (Å²) in [5.74, 6) is 0. The van der Waals surface area contributed by atoms with Gasteiger partial charge >= 0.3 is 0 Å². The molecule has 0 aromatic carbocycles. The Hall–Kier alpha value is -0.730. The molecule has 0 N–H and O–H groups in total. The van der Waals surface area contributed by atoms with Crippen LogP contribution in [-0.4, -0.2) is 9.55 Å². The molecule has 62 valence electrons. The van der Waals surface area contributed by atoms with Gasteiger partial charge in [0.25, 0.3) is 0 Å². The highest BCUT2D eigenvalue weighted by molar-refractivity contribution is 6.41. The number of hydrogen-bond donors (Lipinski definition) is 0. The SMILES string of the molecule is Cn1ccc2cc(Cl)c(Cl)nc21. The summed E-state index contributed by atoms with van der Waals surface area (Å²) in [6.07, 6.45) is 1.92. The van der Waals surface area contributed by atoms with E-state index in [9.17, 15) is 0 Å². The van der Waals surface area contributed by atoms with Gasteiger partial charge in [0.1, 0.15) is 10.8 Å². The van der Waals surface area contributed by atoms with Crippen molar-refractivity contribution in [2.75, 3.05) is 0 Å². The van der Waals surface area contributed by atoms with Crippen molar-refractivity contribution in [3.8, 4) is 0 Å². The minimum Gasteiger partial charge on any atom is -0.336 e. The van der Waals surface area contributed by atoms with Gasteiger partial charge < -0.3 is 4.57 Å². The Morgan fingerprint density at radius 2 is 2.17 bits per heavy atom. The van der Waals surface area contributed by atoms with Crippen molar-refractivity contribution in [3.63, 3.8) is 0 Å². The maximum absolute atomic E-state index is 5.79. The molecule has 2 aromatic rings. The monoisotopic (exact) mass is 200 g/mol. The second-order valence-electron chi connectivity index (χ2n) is 2.60. The summed E-state index contributed by atoms with van der Waals surface area (Å²) >= 11 is 11.6. The molecule has 0 amide bonds. The van der Waals surface area contributed by atoms with Crippen molar-refractivity contribution >= 4 is 34.2 Å². The van der Waals surface area contributed by atoms with Gasteiger partial charge in [0.2, 0.25) is 0 Å². The van der Waals surface area contributed by atoms with Crippen LogP contribution in [0, 0.1) is 0 Å². The molecule has 0 unspecified atom stereocenters. The van der Waals surface area contributed by atoms with Crippen molar-refractivity contribution in [1.82, 2.24) is 9.55 Å². The smallest absolute Gasteiger partial charge is 0.150 e. The molecule has 0 aliphatic carbocycles. The largest absolute Gasteiger partial charge is 0.336 e. The highest BCUT2D eigenvalue weighted by atomic mass is 35.5. The molecule has 0 fully saturated rings. The minimum absolute atomic E-state index is 0.353. The molecule has 12 heavy (non-hydrogen) atoms. The zero-order valence-electron chi connectivity index (χ0n) is 6.38. The van der Waals surface area contributed by atoms with Crippen molar-refractivity contribution in [1.29, 1.82) is 0 Å². The number of pyridine rings is 1. The maximum Gasteiger partial charge on any atom is 0.150 e. The third-order valence-corrected chi connectivity index (χ3v) is 2.43. The summed E-state index contributed by atoms with van der Waals surface area (Å²) < 4.78 is 1.90. The lowest BCUT2D eigenvalue weighted by Gasteiger charge is -1.97. The van der Waals surface area contributed by atoms with Crippen molar-refractivity contribution in [3.05, 3.63) is 28.5 Å². The van der Waals surface area contributed by atoms with Gasteiger partial charge in [-0.15, -0.1) is 0 Å². The summed E-state index contributed by atoms with van der Waals surface area (Å²) in [5, 5.41) is 1.85. The molecule has 0 atom stereocenters. The van der Waals surface area contributed by atoms with Gasteiger partial charge in [-0.05, 0) is 12.1 Å². The first-order valence-electron chi connectivity index (χ1n) is 3.45. The first-order chi connectivity index (χ1) is 5.68. The average molecular weight is 201 g/mol. The highest BCUT2D eigenvalue weighted by Crippen LogP contribution is 2.24. The number of aryl methyl sites for hydroxylation is 1. The first kappa shape index (κ1) is 7.90. The second kappa shape index (κ2) is 2.64. The number of nitrogens with zero attached hydrogens (tertiary/aromatic N) is 2. The second-order valence-corrected chi connectivity index (χ2v) is 3.37. The third kappa shape index (κ3) is 1.08. The predicted molar refractivity (Wildman–Crippen MR) is 50.7 cm³/mol. The number of fused-ring (bicyclic) bond motifs is 1. The maximum atomic E-state index is 5.79. The summed E-state index contributed by atoms with van der Waals surface area (Å²) in [5.41, 5.74) is 0.851. The highest BCUT2D eigenvalue weighted by Gasteiger charge is 2.04. The zero-order valence-corrected chi connectivity index (χ0v) is 7.89. The van der Waals surface area contributed by atoms with Crippen molar-refractivity contribution in [2.45, 2.75) is 0 Å². The van der Waals surface area contributed by atoms with Crippen LogP contribution in [0.1, 0.15) is 0 Å². The summed E-state index contributed by atoms with van der Waals surface area (Å²) in [6.45, 7) is 0. The fourth-order valence-electron chi connectivity index (χ4n) is 1.14. The van der Waals surface area contributed by atoms with E-state index in [0.717, 1.165) is 11.0 Å². The van der Waals surface area contributed by atoms with Crippen LogP contribution in [0.25, 0.3) is 11.0 Å². The Labute approximate surface area is 79.7 Å². The number of halogens is 2. The standard InChI is InChI=1S/C8H6Cl2N2/c1-12-3-2-5-4-6(9)7(10)11-8(5)12/h2-4H,1H3. The molecule has 0 saturated heterocycles. The van der Waals surface area contributed by atoms with Crippen LogP contribution >= 0.6 is 23.2 Å².